The van der Waals surface area contributed by atoms with Crippen LogP contribution in [0.2, 0.25) is 0 Å². The topological polar surface area (TPSA) is 40.5 Å². The average Bonchev–Trinajstić information content (AvgIpc) is 2.39. The minimum absolute atomic E-state index is 0.111. The number of halogens is 2. The predicted octanol–water partition coefficient (Wildman–Crippen LogP) is 2.60. The van der Waals surface area contributed by atoms with Crippen LogP contribution in [0, 0.1) is 0 Å². The van der Waals surface area contributed by atoms with Gasteiger partial charge < -0.3 is 10.0 Å². The van der Waals surface area contributed by atoms with Crippen molar-refractivity contribution in [2.75, 3.05) is 13.1 Å². The van der Waals surface area contributed by atoms with Gasteiger partial charge in [0.05, 0.1) is 6.10 Å². The lowest BCUT2D eigenvalue weighted by Gasteiger charge is -2.29. The number of benzene rings is 1. The largest absolute Gasteiger partial charge is 0.393 e. The summed E-state index contributed by atoms with van der Waals surface area (Å²) in [6.07, 6.45) is 0.852. The molecule has 3 nitrogen and oxygen atoms in total. The second-order valence-electron chi connectivity index (χ2n) is 4.43. The number of aliphatic hydroxyl groups is 1. The molecular weight excluding hydrogens is 272 g/mol. The van der Waals surface area contributed by atoms with Gasteiger partial charge in [0.25, 0.3) is 11.7 Å². The monoisotopic (exact) mass is 287 g/mol. The molecule has 0 bridgehead atoms. The summed E-state index contributed by atoms with van der Waals surface area (Å²) < 4.78 is 24.3. The minimum atomic E-state index is -2.45. The first-order valence-electron chi connectivity index (χ1n) is 6.08. The molecule has 1 heterocycles. The van der Waals surface area contributed by atoms with Crippen LogP contribution in [0.1, 0.15) is 23.2 Å². The van der Waals surface area contributed by atoms with Crippen LogP contribution in [0.5, 0.6) is 0 Å². The summed E-state index contributed by atoms with van der Waals surface area (Å²) in [5.74, 6) is -2.56. The zero-order chi connectivity index (χ0) is 13.8. The van der Waals surface area contributed by atoms with Gasteiger partial charge in [0.2, 0.25) is 0 Å². The lowest BCUT2D eigenvalue weighted by Crippen LogP contribution is -2.40. The van der Waals surface area contributed by atoms with Crippen LogP contribution in [0.15, 0.2) is 29.2 Å². The molecule has 0 atom stereocenters. The fourth-order valence-electron chi connectivity index (χ4n) is 2.03. The number of hydrogen-bond acceptors (Lipinski definition) is 3. The summed E-state index contributed by atoms with van der Waals surface area (Å²) in [7, 11) is 0. The molecule has 0 aromatic heterocycles. The van der Waals surface area contributed by atoms with Crippen LogP contribution in [-0.4, -0.2) is 40.9 Å². The highest BCUT2D eigenvalue weighted by Crippen LogP contribution is 2.25. The molecule has 104 valence electrons. The molecule has 0 aliphatic carbocycles. The van der Waals surface area contributed by atoms with Crippen molar-refractivity contribution in [3.8, 4) is 0 Å². The zero-order valence-electron chi connectivity index (χ0n) is 10.3. The summed E-state index contributed by atoms with van der Waals surface area (Å²) in [4.78, 5) is 14.3. The van der Waals surface area contributed by atoms with E-state index in [0.717, 1.165) is 0 Å². The zero-order valence-corrected chi connectivity index (χ0v) is 11.1. The van der Waals surface area contributed by atoms with Crippen molar-refractivity contribution in [3.63, 3.8) is 0 Å². The first-order valence-corrected chi connectivity index (χ1v) is 6.96. The molecule has 6 heteroatoms. The Labute approximate surface area is 114 Å². The van der Waals surface area contributed by atoms with E-state index in [1.54, 1.807) is 17.0 Å². The Kier molecular flexibility index (Phi) is 4.76. The quantitative estimate of drug-likeness (QED) is 0.869. The van der Waals surface area contributed by atoms with E-state index >= 15 is 0 Å². The molecule has 1 aromatic carbocycles. The van der Waals surface area contributed by atoms with E-state index in [2.05, 4.69) is 0 Å². The Morgan fingerprint density at radius 2 is 1.84 bits per heavy atom. The Morgan fingerprint density at radius 3 is 2.37 bits per heavy atom. The van der Waals surface area contributed by atoms with E-state index < -0.39 is 5.76 Å². The maximum atomic E-state index is 12.2. The van der Waals surface area contributed by atoms with Crippen molar-refractivity contribution in [1.29, 1.82) is 0 Å². The van der Waals surface area contributed by atoms with Gasteiger partial charge in [0.1, 0.15) is 0 Å². The number of carbonyl (C=O) groups is 1. The van der Waals surface area contributed by atoms with Crippen LogP contribution in [0.4, 0.5) is 8.78 Å². The maximum absolute atomic E-state index is 12.2. The molecule has 0 unspecified atom stereocenters. The first kappa shape index (κ1) is 14.3. The highest BCUT2D eigenvalue weighted by molar-refractivity contribution is 7.99. The number of hydrogen-bond donors (Lipinski definition) is 1. The molecular formula is C13H15F2NO2S. The molecule has 1 saturated heterocycles. The molecule has 1 aliphatic heterocycles. The average molecular weight is 287 g/mol. The molecule has 1 fully saturated rings. The number of piperidine rings is 1. The van der Waals surface area contributed by atoms with Crippen LogP contribution >= 0.6 is 11.8 Å². The van der Waals surface area contributed by atoms with Crippen LogP contribution < -0.4 is 0 Å². The predicted molar refractivity (Wildman–Crippen MR) is 69.4 cm³/mol. The fourth-order valence-corrected chi connectivity index (χ4v) is 2.53. The molecule has 19 heavy (non-hydrogen) atoms. The Bertz CT molecular complexity index is 431. The van der Waals surface area contributed by atoms with Crippen molar-refractivity contribution >= 4 is 17.7 Å². The van der Waals surface area contributed by atoms with E-state index in [0.29, 0.717) is 48.2 Å². The second kappa shape index (κ2) is 6.34. The van der Waals surface area contributed by atoms with Gasteiger partial charge in [-0.3, -0.25) is 4.79 Å². The minimum Gasteiger partial charge on any atom is -0.393 e. The summed E-state index contributed by atoms with van der Waals surface area (Å²) in [6.45, 7) is 1.07. The van der Waals surface area contributed by atoms with Gasteiger partial charge in [-0.05, 0) is 37.1 Å². The standard InChI is InChI=1S/C13H15F2NO2S/c14-13(15)19-11-3-1-9(2-4-11)12(18)16-7-5-10(17)6-8-16/h1-4,10,13,17H,5-8H2. The van der Waals surface area contributed by atoms with Crippen molar-refractivity contribution in [1.82, 2.24) is 4.90 Å². The summed E-state index contributed by atoms with van der Waals surface area (Å²) in [6, 6.07) is 6.20. The van der Waals surface area contributed by atoms with Gasteiger partial charge in [0.15, 0.2) is 0 Å². The molecule has 0 spiro atoms. The van der Waals surface area contributed by atoms with Gasteiger partial charge in [-0.15, -0.1) is 0 Å². The number of amides is 1. The van der Waals surface area contributed by atoms with Gasteiger partial charge in [-0.25, -0.2) is 0 Å². The third-order valence-corrected chi connectivity index (χ3v) is 3.80. The summed E-state index contributed by atoms with van der Waals surface area (Å²) >= 11 is 0.463. The number of aliphatic hydroxyl groups excluding tert-OH is 1. The summed E-state index contributed by atoms with van der Waals surface area (Å²) in [5, 5.41) is 9.39. The molecule has 1 aliphatic rings. The lowest BCUT2D eigenvalue weighted by atomic mass is 10.1. The fraction of sp³-hybridized carbons (Fsp3) is 0.462. The molecule has 2 rings (SSSR count). The van der Waals surface area contributed by atoms with Crippen LogP contribution in [0.25, 0.3) is 0 Å². The summed E-state index contributed by atoms with van der Waals surface area (Å²) in [5.41, 5.74) is 0.495. The number of nitrogens with zero attached hydrogens (tertiary/aromatic N) is 1. The van der Waals surface area contributed by atoms with Crippen LogP contribution in [-0.2, 0) is 0 Å². The van der Waals surface area contributed by atoms with E-state index in [1.807, 2.05) is 0 Å². The van der Waals surface area contributed by atoms with Crippen molar-refractivity contribution < 1.29 is 18.7 Å². The van der Waals surface area contributed by atoms with Crippen molar-refractivity contribution in [2.24, 2.45) is 0 Å². The van der Waals surface area contributed by atoms with E-state index in [-0.39, 0.29) is 12.0 Å². The van der Waals surface area contributed by atoms with Crippen molar-refractivity contribution in [3.05, 3.63) is 29.8 Å². The van der Waals surface area contributed by atoms with Gasteiger partial charge in [-0.2, -0.15) is 8.78 Å². The number of carbonyl (C=O) groups excluding carboxylic acids is 1. The van der Waals surface area contributed by atoms with E-state index in [1.165, 1.54) is 12.1 Å². The second-order valence-corrected chi connectivity index (χ2v) is 5.49. The third kappa shape index (κ3) is 3.91. The van der Waals surface area contributed by atoms with E-state index in [4.69, 9.17) is 0 Å². The Hall–Kier alpha value is -1.14. The molecule has 1 aromatic rings. The SMILES string of the molecule is O=C(c1ccc(SC(F)F)cc1)N1CCC(O)CC1. The van der Waals surface area contributed by atoms with Crippen LogP contribution in [0.3, 0.4) is 0 Å². The van der Waals surface area contributed by atoms with E-state index in [9.17, 15) is 18.7 Å². The third-order valence-electron chi connectivity index (χ3n) is 3.08. The highest BCUT2D eigenvalue weighted by Gasteiger charge is 2.22. The van der Waals surface area contributed by atoms with Gasteiger partial charge >= 0.3 is 0 Å². The number of alkyl halides is 2. The van der Waals surface area contributed by atoms with Gasteiger partial charge in [-0.1, -0.05) is 11.8 Å². The number of thioether (sulfide) groups is 1. The molecule has 0 saturated carbocycles. The number of likely N-dealkylation sites (tertiary alicyclic amines) is 1. The molecule has 1 N–H and O–H groups in total. The van der Waals surface area contributed by atoms with Gasteiger partial charge in [0, 0.05) is 23.5 Å². The molecule has 1 amide bonds. The molecule has 0 radical (unpaired) electrons. The Balaban J connectivity index is 1.99. The smallest absolute Gasteiger partial charge is 0.288 e. The maximum Gasteiger partial charge on any atom is 0.288 e. The number of rotatable bonds is 3. The normalized spacial score (nSPS) is 16.9. The Morgan fingerprint density at radius 1 is 1.26 bits per heavy atom. The first-order chi connectivity index (χ1) is 9.06. The lowest BCUT2D eigenvalue weighted by molar-refractivity contribution is 0.0546. The highest BCUT2D eigenvalue weighted by atomic mass is 32.2. The van der Waals surface area contributed by atoms with Crippen molar-refractivity contribution in [2.45, 2.75) is 29.6 Å².